The molecule has 3 aromatic rings. The molecule has 1 nitrogen and oxygen atoms in total. The van der Waals surface area contributed by atoms with Crippen LogP contribution >= 0.6 is 10.0 Å². The minimum absolute atomic E-state index is 0.220. The van der Waals surface area contributed by atoms with E-state index in [4.69, 9.17) is 4.98 Å². The molecule has 0 spiro atoms. The summed E-state index contributed by atoms with van der Waals surface area (Å²) in [6.45, 7) is 14.6. The van der Waals surface area contributed by atoms with Crippen molar-refractivity contribution in [2.45, 2.75) is 132 Å². The number of hydrogen-bond donors (Lipinski definition) is 0. The fourth-order valence-electron chi connectivity index (χ4n) is 7.42. The molecule has 2 aliphatic rings. The van der Waals surface area contributed by atoms with Gasteiger partial charge in [0.25, 0.3) is 0 Å². The molecule has 2 aliphatic carbocycles. The van der Waals surface area contributed by atoms with Crippen molar-refractivity contribution in [1.29, 1.82) is 0 Å². The summed E-state index contributed by atoms with van der Waals surface area (Å²) in [4.78, 5) is 6.56. The van der Waals surface area contributed by atoms with E-state index in [-0.39, 0.29) is 9.49 Å². The first-order chi connectivity index (χ1) is 18.0. The number of fused-ring (bicyclic) bond motifs is 1. The second-order valence-electron chi connectivity index (χ2n) is 14.2. The molecule has 0 saturated heterocycles. The van der Waals surface area contributed by atoms with Crippen LogP contribution in [0.25, 0.3) is 22.0 Å². The second kappa shape index (κ2) is 10.6. The summed E-state index contributed by atoms with van der Waals surface area (Å²) in [6, 6.07) is 17.2. The average molecular weight is 530 g/mol. The van der Waals surface area contributed by atoms with Gasteiger partial charge in [0.2, 0.25) is 0 Å². The zero-order valence-electron chi connectivity index (χ0n) is 25.2. The van der Waals surface area contributed by atoms with Gasteiger partial charge in [0.15, 0.2) is 0 Å². The third-order valence-corrected chi connectivity index (χ3v) is 16.2. The molecule has 0 N–H and O–H groups in total. The Balaban J connectivity index is 1.63. The predicted octanol–water partition coefficient (Wildman–Crippen LogP) is 11.4. The van der Waals surface area contributed by atoms with E-state index in [1.165, 1.54) is 91.1 Å². The number of pyridine rings is 1. The summed E-state index contributed by atoms with van der Waals surface area (Å²) in [5, 5.41) is 2.64. The van der Waals surface area contributed by atoms with Crippen molar-refractivity contribution < 1.29 is 0 Å². The third-order valence-electron chi connectivity index (χ3n) is 10.1. The lowest BCUT2D eigenvalue weighted by Gasteiger charge is -2.57. The van der Waals surface area contributed by atoms with Gasteiger partial charge in [-0.1, -0.05) is 92.2 Å². The van der Waals surface area contributed by atoms with Crippen molar-refractivity contribution in [1.82, 2.24) is 4.98 Å². The monoisotopic (exact) mass is 529 g/mol. The normalized spacial score (nSPS) is 19.1. The van der Waals surface area contributed by atoms with Crippen LogP contribution in [0.15, 0.2) is 53.6 Å². The molecule has 206 valence electrons. The summed E-state index contributed by atoms with van der Waals surface area (Å²) in [5.74, 6) is 1.44. The Kier molecular flexibility index (Phi) is 7.77. The number of rotatable bonds is 4. The van der Waals surface area contributed by atoms with Gasteiger partial charge in [-0.3, -0.25) is 4.98 Å². The summed E-state index contributed by atoms with van der Waals surface area (Å²) in [6.07, 6.45) is 18.3. The summed E-state index contributed by atoms with van der Waals surface area (Å²) in [7, 11) is -1.08. The van der Waals surface area contributed by atoms with E-state index in [0.717, 1.165) is 11.8 Å². The highest BCUT2D eigenvalue weighted by Crippen LogP contribution is 2.70. The molecule has 0 bridgehead atoms. The summed E-state index contributed by atoms with van der Waals surface area (Å²) < 4.78 is 0.441. The maximum absolute atomic E-state index is 5.05. The lowest BCUT2D eigenvalue weighted by atomic mass is 9.79. The van der Waals surface area contributed by atoms with Crippen molar-refractivity contribution in [2.75, 3.05) is 6.26 Å². The average Bonchev–Trinajstić information content (AvgIpc) is 2.91. The van der Waals surface area contributed by atoms with E-state index < -0.39 is 10.0 Å². The molecule has 2 aromatic carbocycles. The highest BCUT2D eigenvalue weighted by molar-refractivity contribution is 8.35. The van der Waals surface area contributed by atoms with Crippen molar-refractivity contribution in [3.8, 4) is 11.3 Å². The van der Waals surface area contributed by atoms with E-state index in [1.54, 1.807) is 11.1 Å². The molecule has 0 radical (unpaired) electrons. The highest BCUT2D eigenvalue weighted by Gasteiger charge is 2.43. The molecule has 2 fully saturated rings. The van der Waals surface area contributed by atoms with E-state index in [0.29, 0.717) is 0 Å². The first kappa shape index (κ1) is 27.8. The van der Waals surface area contributed by atoms with Crippen molar-refractivity contribution in [3.05, 3.63) is 59.8 Å². The van der Waals surface area contributed by atoms with Gasteiger partial charge < -0.3 is 0 Å². The zero-order chi connectivity index (χ0) is 27.1. The minimum atomic E-state index is -1.08. The van der Waals surface area contributed by atoms with Crippen LogP contribution in [0.1, 0.15) is 129 Å². The molecular weight excluding hydrogens is 478 g/mol. The number of nitrogens with zero attached hydrogens (tertiary/aromatic N) is 1. The largest absolute Gasteiger partial charge is 0.256 e. The van der Waals surface area contributed by atoms with Crippen molar-refractivity contribution in [2.24, 2.45) is 0 Å². The van der Waals surface area contributed by atoms with E-state index >= 15 is 0 Å². The topological polar surface area (TPSA) is 12.9 Å². The van der Waals surface area contributed by atoms with Crippen LogP contribution in [0.3, 0.4) is 0 Å². The molecule has 1 heterocycles. The molecule has 2 heteroatoms. The molecule has 38 heavy (non-hydrogen) atoms. The van der Waals surface area contributed by atoms with Gasteiger partial charge >= 0.3 is 0 Å². The van der Waals surface area contributed by atoms with E-state index in [1.807, 2.05) is 0 Å². The molecule has 5 rings (SSSR count). The highest BCUT2D eigenvalue weighted by atomic mass is 32.3. The fourth-order valence-corrected chi connectivity index (χ4v) is 11.4. The van der Waals surface area contributed by atoms with Gasteiger partial charge in [0, 0.05) is 17.1 Å². The van der Waals surface area contributed by atoms with Crippen LogP contribution in [0, 0.1) is 0 Å². The Morgan fingerprint density at radius 1 is 0.658 bits per heavy atom. The second-order valence-corrected chi connectivity index (χ2v) is 19.0. The summed E-state index contributed by atoms with van der Waals surface area (Å²) >= 11 is 0. The van der Waals surface area contributed by atoms with Crippen LogP contribution in [0.4, 0.5) is 0 Å². The van der Waals surface area contributed by atoms with E-state index in [2.05, 4.69) is 96.5 Å². The van der Waals surface area contributed by atoms with Crippen LogP contribution in [0.2, 0.25) is 0 Å². The van der Waals surface area contributed by atoms with Crippen LogP contribution in [-0.4, -0.2) is 20.7 Å². The molecule has 0 atom stereocenters. The Hall–Kier alpha value is -1.80. The standard InChI is InChI=1S/C36H51NS/c1-35(2,3)38(7,36(4,5)6)32-18-19-33-28(25-32)20-21-37-34(33)31-23-29(26-14-10-8-11-15-26)22-30(24-31)27-16-12-9-13-17-27/h18-27H,8-17H2,1-7H3. The lowest BCUT2D eigenvalue weighted by molar-refractivity contribution is 0.435. The molecule has 0 amide bonds. The number of aromatic nitrogens is 1. The van der Waals surface area contributed by atoms with Crippen LogP contribution in [0.5, 0.6) is 0 Å². The maximum atomic E-state index is 5.05. The molecule has 0 unspecified atom stereocenters. The Morgan fingerprint density at radius 2 is 1.18 bits per heavy atom. The molecule has 2 saturated carbocycles. The predicted molar refractivity (Wildman–Crippen MR) is 170 cm³/mol. The van der Waals surface area contributed by atoms with Gasteiger partial charge in [-0.2, -0.15) is 0 Å². The fraction of sp³-hybridized carbons (Fsp3) is 0.583. The number of benzene rings is 2. The first-order valence-electron chi connectivity index (χ1n) is 15.3. The number of hydrogen-bond acceptors (Lipinski definition) is 1. The Labute approximate surface area is 234 Å². The van der Waals surface area contributed by atoms with Crippen molar-refractivity contribution in [3.63, 3.8) is 0 Å². The van der Waals surface area contributed by atoms with E-state index in [9.17, 15) is 0 Å². The summed E-state index contributed by atoms with van der Waals surface area (Å²) in [5.41, 5.74) is 5.67. The lowest BCUT2D eigenvalue weighted by Crippen LogP contribution is -2.37. The zero-order valence-corrected chi connectivity index (χ0v) is 26.0. The van der Waals surface area contributed by atoms with Gasteiger partial charge in [0.05, 0.1) is 5.69 Å². The van der Waals surface area contributed by atoms with Gasteiger partial charge in [-0.25, -0.2) is 10.0 Å². The van der Waals surface area contributed by atoms with Gasteiger partial charge in [-0.05, 0) is 105 Å². The van der Waals surface area contributed by atoms with Crippen molar-refractivity contribution >= 4 is 20.8 Å². The third kappa shape index (κ3) is 5.19. The smallest absolute Gasteiger partial charge is 0.0780 e. The molecular formula is C36H51NS. The maximum Gasteiger partial charge on any atom is 0.0780 e. The molecule has 1 aromatic heterocycles. The Bertz CT molecular complexity index is 1210. The molecule has 0 aliphatic heterocycles. The Morgan fingerprint density at radius 3 is 1.68 bits per heavy atom. The SMILES string of the molecule is CC(C)(C)S(C)(c1ccc2c(-c3cc(C4CCCCC4)cc(C4CCCCC4)c3)nccc2c1)C(C)(C)C. The first-order valence-corrected chi connectivity index (χ1v) is 17.3. The van der Waals surface area contributed by atoms with Gasteiger partial charge in [0.1, 0.15) is 0 Å². The van der Waals surface area contributed by atoms with Gasteiger partial charge in [-0.15, -0.1) is 0 Å². The minimum Gasteiger partial charge on any atom is -0.256 e. The quantitative estimate of drug-likeness (QED) is 0.327. The van der Waals surface area contributed by atoms with Crippen LogP contribution in [-0.2, 0) is 0 Å². The van der Waals surface area contributed by atoms with Crippen LogP contribution < -0.4 is 0 Å².